The number of furan rings is 1. The largest absolute Gasteiger partial charge is 0.459 e. The van der Waals surface area contributed by atoms with Crippen LogP contribution in [0.15, 0.2) is 22.8 Å². The van der Waals surface area contributed by atoms with Gasteiger partial charge in [0, 0.05) is 18.3 Å². The minimum Gasteiger partial charge on any atom is -0.459 e. The SMILES string of the molecule is CC(=O)N1CCc2c(sc(NC(=O)c3ccco3)c2C(N)=O)C1. The van der Waals surface area contributed by atoms with E-state index in [-0.39, 0.29) is 11.7 Å². The maximum atomic E-state index is 12.1. The molecular weight excluding hydrogens is 318 g/mol. The lowest BCUT2D eigenvalue weighted by Crippen LogP contribution is -2.34. The van der Waals surface area contributed by atoms with E-state index < -0.39 is 11.8 Å². The summed E-state index contributed by atoms with van der Waals surface area (Å²) in [6, 6.07) is 3.14. The van der Waals surface area contributed by atoms with E-state index in [4.69, 9.17) is 10.2 Å². The molecule has 1 aliphatic rings. The molecule has 0 bridgehead atoms. The molecule has 23 heavy (non-hydrogen) atoms. The lowest BCUT2D eigenvalue weighted by Gasteiger charge is -2.25. The van der Waals surface area contributed by atoms with Crippen molar-refractivity contribution in [2.75, 3.05) is 11.9 Å². The average molecular weight is 333 g/mol. The number of thiophene rings is 1. The summed E-state index contributed by atoms with van der Waals surface area (Å²) in [7, 11) is 0. The Hall–Kier alpha value is -2.61. The summed E-state index contributed by atoms with van der Waals surface area (Å²) in [4.78, 5) is 38.0. The van der Waals surface area contributed by atoms with Crippen LogP contribution in [0.5, 0.6) is 0 Å². The van der Waals surface area contributed by atoms with Crippen LogP contribution in [0.3, 0.4) is 0 Å². The van der Waals surface area contributed by atoms with Crippen LogP contribution in [0.1, 0.15) is 38.3 Å². The fourth-order valence-corrected chi connectivity index (χ4v) is 3.86. The molecule has 1 aliphatic heterocycles. The van der Waals surface area contributed by atoms with E-state index in [9.17, 15) is 14.4 Å². The van der Waals surface area contributed by atoms with Crippen LogP contribution in [-0.4, -0.2) is 29.2 Å². The Bertz CT molecular complexity index is 779. The second kappa shape index (κ2) is 5.88. The van der Waals surface area contributed by atoms with Crippen molar-refractivity contribution >= 4 is 34.1 Å². The van der Waals surface area contributed by atoms with Crippen molar-refractivity contribution in [1.29, 1.82) is 0 Å². The third-order valence-corrected chi connectivity index (χ3v) is 4.85. The van der Waals surface area contributed by atoms with E-state index in [1.807, 2.05) is 0 Å². The van der Waals surface area contributed by atoms with Gasteiger partial charge in [0.25, 0.3) is 11.8 Å². The summed E-state index contributed by atoms with van der Waals surface area (Å²) in [5.74, 6) is -0.906. The molecule has 0 aliphatic carbocycles. The van der Waals surface area contributed by atoms with Gasteiger partial charge in [-0.05, 0) is 24.1 Å². The zero-order valence-corrected chi connectivity index (χ0v) is 13.2. The Morgan fingerprint density at radius 3 is 2.78 bits per heavy atom. The van der Waals surface area contributed by atoms with Crippen LogP contribution in [0.25, 0.3) is 0 Å². The minimum atomic E-state index is -0.589. The first-order valence-corrected chi connectivity index (χ1v) is 7.83. The molecular formula is C15H15N3O4S. The van der Waals surface area contributed by atoms with Gasteiger partial charge in [0.2, 0.25) is 5.91 Å². The molecule has 0 atom stereocenters. The highest BCUT2D eigenvalue weighted by Crippen LogP contribution is 2.37. The number of anilines is 1. The third-order valence-electron chi connectivity index (χ3n) is 3.72. The first kappa shape index (κ1) is 15.3. The van der Waals surface area contributed by atoms with E-state index in [1.54, 1.807) is 11.0 Å². The minimum absolute atomic E-state index is 0.0224. The predicted octanol–water partition coefficient (Wildman–Crippen LogP) is 1.60. The number of nitrogens with one attached hydrogen (secondary N) is 1. The lowest BCUT2D eigenvalue weighted by atomic mass is 10.0. The van der Waals surface area contributed by atoms with Crippen molar-refractivity contribution in [3.05, 3.63) is 40.2 Å². The van der Waals surface area contributed by atoms with Gasteiger partial charge in [-0.15, -0.1) is 11.3 Å². The number of nitrogens with zero attached hydrogens (tertiary/aromatic N) is 1. The Kier molecular flexibility index (Phi) is 3.91. The molecule has 0 aromatic carbocycles. The normalized spacial score (nSPS) is 13.5. The Balaban J connectivity index is 1.93. The predicted molar refractivity (Wildman–Crippen MR) is 84.3 cm³/mol. The van der Waals surface area contributed by atoms with Crippen LogP contribution in [0.4, 0.5) is 5.00 Å². The molecule has 3 heterocycles. The van der Waals surface area contributed by atoms with Gasteiger partial charge in [-0.3, -0.25) is 14.4 Å². The number of hydrogen-bond donors (Lipinski definition) is 2. The van der Waals surface area contributed by atoms with E-state index >= 15 is 0 Å². The molecule has 3 N–H and O–H groups in total. The van der Waals surface area contributed by atoms with Crippen LogP contribution in [0.2, 0.25) is 0 Å². The molecule has 0 saturated heterocycles. The fraction of sp³-hybridized carbons (Fsp3) is 0.267. The maximum absolute atomic E-state index is 12.1. The molecule has 120 valence electrons. The van der Waals surface area contributed by atoms with Gasteiger partial charge >= 0.3 is 0 Å². The molecule has 2 aromatic rings. The highest BCUT2D eigenvalue weighted by Gasteiger charge is 2.28. The van der Waals surface area contributed by atoms with Crippen molar-refractivity contribution in [3.63, 3.8) is 0 Å². The Labute approximate surface area is 136 Å². The Morgan fingerprint density at radius 2 is 2.17 bits per heavy atom. The van der Waals surface area contributed by atoms with Crippen molar-refractivity contribution < 1.29 is 18.8 Å². The van der Waals surface area contributed by atoms with Gasteiger partial charge in [-0.2, -0.15) is 0 Å². The molecule has 8 heteroatoms. The molecule has 3 amide bonds. The summed E-state index contributed by atoms with van der Waals surface area (Å²) < 4.78 is 5.04. The number of hydrogen-bond acceptors (Lipinski definition) is 5. The number of fused-ring (bicyclic) bond motifs is 1. The van der Waals surface area contributed by atoms with Gasteiger partial charge in [-0.1, -0.05) is 0 Å². The highest BCUT2D eigenvalue weighted by atomic mass is 32.1. The molecule has 7 nitrogen and oxygen atoms in total. The highest BCUT2D eigenvalue weighted by molar-refractivity contribution is 7.17. The van der Waals surface area contributed by atoms with E-state index in [2.05, 4.69) is 5.32 Å². The molecule has 0 spiro atoms. The summed E-state index contributed by atoms with van der Waals surface area (Å²) in [6.45, 7) is 2.46. The summed E-state index contributed by atoms with van der Waals surface area (Å²) in [6.07, 6.45) is 1.94. The van der Waals surface area contributed by atoms with Crippen LogP contribution in [-0.2, 0) is 17.8 Å². The zero-order chi connectivity index (χ0) is 16.6. The van der Waals surface area contributed by atoms with E-state index in [1.165, 1.54) is 30.6 Å². The number of carbonyl (C=O) groups excluding carboxylic acids is 3. The number of primary amides is 1. The summed E-state index contributed by atoms with van der Waals surface area (Å²) in [5.41, 5.74) is 6.63. The van der Waals surface area contributed by atoms with Crippen molar-refractivity contribution in [2.45, 2.75) is 19.9 Å². The van der Waals surface area contributed by atoms with Crippen LogP contribution in [0, 0.1) is 0 Å². The maximum Gasteiger partial charge on any atom is 0.291 e. The lowest BCUT2D eigenvalue weighted by molar-refractivity contribution is -0.129. The zero-order valence-electron chi connectivity index (χ0n) is 12.4. The molecule has 0 radical (unpaired) electrons. The smallest absolute Gasteiger partial charge is 0.291 e. The second-order valence-corrected chi connectivity index (χ2v) is 6.30. The summed E-state index contributed by atoms with van der Waals surface area (Å²) in [5, 5.41) is 3.07. The van der Waals surface area contributed by atoms with Crippen LogP contribution < -0.4 is 11.1 Å². The number of nitrogens with two attached hydrogens (primary N) is 1. The first-order valence-electron chi connectivity index (χ1n) is 7.02. The van der Waals surface area contributed by atoms with Gasteiger partial charge in [0.05, 0.1) is 18.4 Å². The summed E-state index contributed by atoms with van der Waals surface area (Å²) >= 11 is 1.27. The Morgan fingerprint density at radius 1 is 1.39 bits per heavy atom. The number of carbonyl (C=O) groups is 3. The van der Waals surface area contributed by atoms with Crippen LogP contribution >= 0.6 is 11.3 Å². The second-order valence-electron chi connectivity index (χ2n) is 5.19. The number of rotatable bonds is 3. The monoisotopic (exact) mass is 333 g/mol. The fourth-order valence-electron chi connectivity index (χ4n) is 2.59. The van der Waals surface area contributed by atoms with Gasteiger partial charge in [0.15, 0.2) is 5.76 Å². The average Bonchev–Trinajstić information content (AvgIpc) is 3.13. The molecule has 0 fully saturated rings. The van der Waals surface area contributed by atoms with Crippen molar-refractivity contribution in [3.8, 4) is 0 Å². The first-order chi connectivity index (χ1) is 11.0. The van der Waals surface area contributed by atoms with Crippen molar-refractivity contribution in [2.24, 2.45) is 5.73 Å². The van der Waals surface area contributed by atoms with Gasteiger partial charge in [0.1, 0.15) is 5.00 Å². The van der Waals surface area contributed by atoms with Crippen molar-refractivity contribution in [1.82, 2.24) is 4.90 Å². The van der Waals surface area contributed by atoms with Gasteiger partial charge in [-0.25, -0.2) is 0 Å². The third kappa shape index (κ3) is 2.85. The topological polar surface area (TPSA) is 106 Å². The van der Waals surface area contributed by atoms with E-state index in [0.29, 0.717) is 30.1 Å². The number of amides is 3. The molecule has 0 saturated carbocycles. The van der Waals surface area contributed by atoms with Gasteiger partial charge < -0.3 is 20.4 Å². The molecule has 3 rings (SSSR count). The standard InChI is InChI=1S/C15H15N3O4S/c1-8(19)18-5-4-9-11(7-18)23-15(12(9)13(16)20)17-14(21)10-3-2-6-22-10/h2-3,6H,4-5,7H2,1H3,(H2,16,20)(H,17,21). The quantitative estimate of drug-likeness (QED) is 0.889. The van der Waals surface area contributed by atoms with E-state index in [0.717, 1.165) is 10.4 Å². The molecule has 0 unspecified atom stereocenters. The molecule has 2 aromatic heterocycles.